The number of rotatable bonds is 12. The second-order valence-electron chi connectivity index (χ2n) is 7.32. The van der Waals surface area contributed by atoms with Crippen LogP contribution in [-0.4, -0.2) is 29.6 Å². The third-order valence-corrected chi connectivity index (χ3v) is 5.72. The first-order chi connectivity index (χ1) is 15.2. The number of hydrogen-bond acceptors (Lipinski definition) is 5. The van der Waals surface area contributed by atoms with Crippen molar-refractivity contribution in [1.82, 2.24) is 15.6 Å². The van der Waals surface area contributed by atoms with E-state index in [0.717, 1.165) is 29.7 Å². The van der Waals surface area contributed by atoms with Gasteiger partial charge < -0.3 is 15.4 Å². The summed E-state index contributed by atoms with van der Waals surface area (Å²) in [5.74, 6) is 0. The van der Waals surface area contributed by atoms with Crippen LogP contribution in [0.3, 0.4) is 0 Å². The molecule has 0 fully saturated rings. The third kappa shape index (κ3) is 8.22. The highest BCUT2D eigenvalue weighted by Crippen LogP contribution is 2.13. The van der Waals surface area contributed by atoms with Crippen LogP contribution < -0.4 is 10.6 Å². The van der Waals surface area contributed by atoms with Crippen molar-refractivity contribution in [1.29, 1.82) is 0 Å². The lowest BCUT2D eigenvalue weighted by atomic mass is 9.96. The van der Waals surface area contributed by atoms with Gasteiger partial charge in [0.15, 0.2) is 0 Å². The topological polar surface area (TPSA) is 80.3 Å². The van der Waals surface area contributed by atoms with Crippen LogP contribution in [0.4, 0.5) is 4.79 Å². The van der Waals surface area contributed by atoms with Gasteiger partial charge in [-0.25, -0.2) is 4.79 Å². The molecule has 0 saturated heterocycles. The number of alkyl carbamates (subject to hydrolysis) is 1. The van der Waals surface area contributed by atoms with Crippen molar-refractivity contribution in [3.63, 3.8) is 0 Å². The minimum Gasteiger partial charge on any atom is -0.444 e. The molecule has 0 aliphatic carbocycles. The maximum atomic E-state index is 12.4. The van der Waals surface area contributed by atoms with Crippen LogP contribution in [0, 0.1) is 0 Å². The van der Waals surface area contributed by atoms with Crippen molar-refractivity contribution in [2.24, 2.45) is 0 Å². The zero-order valence-corrected chi connectivity index (χ0v) is 18.1. The van der Waals surface area contributed by atoms with Gasteiger partial charge in [-0.1, -0.05) is 60.7 Å². The molecule has 2 atom stereocenters. The molecule has 2 aromatic carbocycles. The summed E-state index contributed by atoms with van der Waals surface area (Å²) < 4.78 is 5.35. The minimum atomic E-state index is -0.447. The Bertz CT molecular complexity index is 904. The van der Waals surface area contributed by atoms with Crippen molar-refractivity contribution in [2.45, 2.75) is 44.4 Å². The van der Waals surface area contributed by atoms with Gasteiger partial charge in [0, 0.05) is 18.3 Å². The van der Waals surface area contributed by atoms with E-state index in [0.29, 0.717) is 12.8 Å². The van der Waals surface area contributed by atoms with Crippen LogP contribution in [0.5, 0.6) is 0 Å². The number of aromatic nitrogens is 1. The highest BCUT2D eigenvalue weighted by molar-refractivity contribution is 7.09. The van der Waals surface area contributed by atoms with Crippen molar-refractivity contribution in [3.8, 4) is 0 Å². The predicted molar refractivity (Wildman–Crippen MR) is 122 cm³/mol. The molecule has 0 aliphatic heterocycles. The number of nitrogens with zero attached hydrogens (tertiary/aromatic N) is 1. The summed E-state index contributed by atoms with van der Waals surface area (Å²) >= 11 is 1.45. The number of carbonyl (C=O) groups is 2. The van der Waals surface area contributed by atoms with Crippen molar-refractivity contribution in [2.75, 3.05) is 0 Å². The molecule has 6 nitrogen and oxygen atoms in total. The molecule has 7 heteroatoms. The number of benzene rings is 2. The summed E-state index contributed by atoms with van der Waals surface area (Å²) in [6, 6.07) is 20.0. The molecule has 0 aliphatic rings. The van der Waals surface area contributed by atoms with E-state index in [9.17, 15) is 9.59 Å². The van der Waals surface area contributed by atoms with Crippen molar-refractivity contribution >= 4 is 23.8 Å². The molecular weight excluding hydrogens is 410 g/mol. The Labute approximate surface area is 186 Å². The van der Waals surface area contributed by atoms with Crippen LogP contribution in [0.1, 0.15) is 28.8 Å². The number of amides is 2. The first kappa shape index (κ1) is 22.5. The summed E-state index contributed by atoms with van der Waals surface area (Å²) in [6.07, 6.45) is 4.87. The lowest BCUT2D eigenvalue weighted by molar-refractivity contribution is -0.110. The quantitative estimate of drug-likeness (QED) is 0.418. The van der Waals surface area contributed by atoms with Gasteiger partial charge in [0.1, 0.15) is 6.61 Å². The Morgan fingerprint density at radius 3 is 2.16 bits per heavy atom. The average Bonchev–Trinajstić information content (AvgIpc) is 3.31. The first-order valence-corrected chi connectivity index (χ1v) is 11.2. The van der Waals surface area contributed by atoms with Gasteiger partial charge in [0.05, 0.1) is 10.4 Å². The standard InChI is InChI=1S/C24H27N3O3S/c28-17-26-21(13-19-7-3-1-4-8-19)11-12-22(14-20-9-5-2-6-10-20)27-24(29)30-16-23-15-25-18-31-23/h1-10,15,17-18,21-22H,11-14,16H2,(H,26,28)(H,27,29)/t21-,22-/m1/s1. The molecule has 0 saturated carbocycles. The number of hydrogen-bond donors (Lipinski definition) is 2. The molecule has 2 amide bonds. The van der Waals surface area contributed by atoms with Crippen molar-refractivity contribution in [3.05, 3.63) is 88.4 Å². The summed E-state index contributed by atoms with van der Waals surface area (Å²) in [4.78, 5) is 28.4. The van der Waals surface area contributed by atoms with E-state index in [1.165, 1.54) is 16.9 Å². The van der Waals surface area contributed by atoms with Gasteiger partial charge in [-0.05, 0) is 36.8 Å². The van der Waals surface area contributed by atoms with Gasteiger partial charge in [-0.3, -0.25) is 9.78 Å². The van der Waals surface area contributed by atoms with Crippen LogP contribution >= 0.6 is 11.3 Å². The molecule has 0 bridgehead atoms. The van der Waals surface area contributed by atoms with Gasteiger partial charge in [0.25, 0.3) is 0 Å². The van der Waals surface area contributed by atoms with Crippen LogP contribution in [0.15, 0.2) is 72.4 Å². The van der Waals surface area contributed by atoms with Gasteiger partial charge in [0.2, 0.25) is 6.41 Å². The molecule has 31 heavy (non-hydrogen) atoms. The Morgan fingerprint density at radius 1 is 0.968 bits per heavy atom. The summed E-state index contributed by atoms with van der Waals surface area (Å²) in [7, 11) is 0. The molecule has 3 rings (SSSR count). The van der Waals surface area contributed by atoms with Gasteiger partial charge >= 0.3 is 6.09 Å². The maximum absolute atomic E-state index is 12.4. The lowest BCUT2D eigenvalue weighted by Gasteiger charge is -2.22. The van der Waals surface area contributed by atoms with Crippen molar-refractivity contribution < 1.29 is 14.3 Å². The fraction of sp³-hybridized carbons (Fsp3) is 0.292. The number of ether oxygens (including phenoxy) is 1. The van der Waals surface area contributed by atoms with Gasteiger partial charge in [-0.15, -0.1) is 11.3 Å². The monoisotopic (exact) mass is 437 g/mol. The Balaban J connectivity index is 1.58. The van der Waals surface area contributed by atoms with E-state index in [2.05, 4.69) is 27.8 Å². The van der Waals surface area contributed by atoms with Crippen LogP contribution in [-0.2, 0) is 29.0 Å². The highest BCUT2D eigenvalue weighted by atomic mass is 32.1. The molecule has 1 aromatic heterocycles. The summed E-state index contributed by atoms with van der Waals surface area (Å²) in [6.45, 7) is 0.206. The zero-order valence-electron chi connectivity index (χ0n) is 17.3. The van der Waals surface area contributed by atoms with E-state index < -0.39 is 6.09 Å². The number of nitrogens with one attached hydrogen (secondary N) is 2. The number of carbonyl (C=O) groups excluding carboxylic acids is 2. The van der Waals surface area contributed by atoms with E-state index >= 15 is 0 Å². The minimum absolute atomic E-state index is 0.00631. The van der Waals surface area contributed by atoms with E-state index in [1.54, 1.807) is 11.7 Å². The fourth-order valence-corrected chi connectivity index (χ4v) is 3.93. The molecule has 0 unspecified atom stereocenters. The van der Waals surface area contributed by atoms with Gasteiger partial charge in [-0.2, -0.15) is 0 Å². The largest absolute Gasteiger partial charge is 0.444 e. The summed E-state index contributed by atoms with van der Waals surface area (Å²) in [5, 5.41) is 5.91. The lowest BCUT2D eigenvalue weighted by Crippen LogP contribution is -2.39. The third-order valence-electron chi connectivity index (χ3n) is 4.97. The maximum Gasteiger partial charge on any atom is 0.407 e. The van der Waals surface area contributed by atoms with E-state index in [4.69, 9.17) is 4.74 Å². The van der Waals surface area contributed by atoms with E-state index in [1.807, 2.05) is 48.5 Å². The molecule has 0 radical (unpaired) electrons. The fourth-order valence-electron chi connectivity index (χ4n) is 3.42. The second-order valence-corrected chi connectivity index (χ2v) is 8.29. The summed E-state index contributed by atoms with van der Waals surface area (Å²) in [5.41, 5.74) is 4.01. The average molecular weight is 438 g/mol. The smallest absolute Gasteiger partial charge is 0.407 e. The Morgan fingerprint density at radius 2 is 1.58 bits per heavy atom. The molecular formula is C24H27N3O3S. The second kappa shape index (κ2) is 12.5. The highest BCUT2D eigenvalue weighted by Gasteiger charge is 2.17. The van der Waals surface area contributed by atoms with Crippen LogP contribution in [0.25, 0.3) is 0 Å². The molecule has 3 aromatic rings. The molecule has 2 N–H and O–H groups in total. The molecule has 162 valence electrons. The predicted octanol–water partition coefficient (Wildman–Crippen LogP) is 4.12. The zero-order chi connectivity index (χ0) is 21.7. The molecule has 0 spiro atoms. The number of thiazole rings is 1. The normalized spacial score (nSPS) is 12.5. The van der Waals surface area contributed by atoms with Crippen LogP contribution in [0.2, 0.25) is 0 Å². The molecule has 1 heterocycles. The Kier molecular flexibility index (Phi) is 9.07. The first-order valence-electron chi connectivity index (χ1n) is 10.3. The van der Waals surface area contributed by atoms with E-state index in [-0.39, 0.29) is 18.7 Å². The Hall–Kier alpha value is -3.19. The SMILES string of the molecule is O=CN[C@H](CC[C@H](Cc1ccccc1)NC(=O)OCc1cncs1)Cc1ccccc1.